The Labute approximate surface area is 129 Å². The summed E-state index contributed by atoms with van der Waals surface area (Å²) in [5.74, 6) is 1.00. The molecule has 0 atom stereocenters. The molecule has 2 rings (SSSR count). The summed E-state index contributed by atoms with van der Waals surface area (Å²) in [6.45, 7) is 4.73. The molecule has 0 radical (unpaired) electrons. The molecule has 1 aromatic heterocycles. The third kappa shape index (κ3) is 4.32. The van der Waals surface area contributed by atoms with Crippen molar-refractivity contribution in [3.8, 4) is 0 Å². The molecule has 0 spiro atoms. The van der Waals surface area contributed by atoms with Gasteiger partial charge in [-0.05, 0) is 36.4 Å². The van der Waals surface area contributed by atoms with E-state index in [1.807, 2.05) is 6.07 Å². The first-order valence-electron chi connectivity index (χ1n) is 6.81. The fourth-order valence-electron chi connectivity index (χ4n) is 1.98. The average molecular weight is 334 g/mol. The third-order valence-corrected chi connectivity index (χ3v) is 3.60. The van der Waals surface area contributed by atoms with Crippen molar-refractivity contribution < 1.29 is 0 Å². The van der Waals surface area contributed by atoms with Crippen molar-refractivity contribution in [1.82, 2.24) is 10.3 Å². The highest BCUT2D eigenvalue weighted by Gasteiger charge is 2.04. The molecule has 0 bridgehead atoms. The van der Waals surface area contributed by atoms with Crippen LogP contribution in [0.25, 0.3) is 0 Å². The Balaban J connectivity index is 2.04. The van der Waals surface area contributed by atoms with Crippen molar-refractivity contribution in [2.24, 2.45) is 0 Å². The van der Waals surface area contributed by atoms with Crippen molar-refractivity contribution in [2.45, 2.75) is 20.0 Å². The quantitative estimate of drug-likeness (QED) is 0.875. The number of anilines is 1. The van der Waals surface area contributed by atoms with Gasteiger partial charge in [0.25, 0.3) is 0 Å². The third-order valence-electron chi connectivity index (χ3n) is 3.07. The zero-order valence-corrected chi connectivity index (χ0v) is 13.5. The Morgan fingerprint density at radius 3 is 2.60 bits per heavy atom. The molecule has 1 heterocycles. The molecule has 0 unspecified atom stereocenters. The van der Waals surface area contributed by atoms with Gasteiger partial charge in [-0.2, -0.15) is 0 Å². The zero-order valence-electron chi connectivity index (χ0n) is 11.9. The smallest absolute Gasteiger partial charge is 0.128 e. The van der Waals surface area contributed by atoms with Crippen molar-refractivity contribution in [3.05, 3.63) is 58.2 Å². The number of nitrogens with zero attached hydrogens (tertiary/aromatic N) is 2. The standard InChI is InChI=1S/C16H20BrN3/c1-3-18-11-15-5-4-6-16(19-15)20(2)12-13-7-9-14(17)10-8-13/h4-10,18H,3,11-12H2,1-2H3. The lowest BCUT2D eigenvalue weighted by molar-refractivity contribution is 0.708. The van der Waals surface area contributed by atoms with E-state index in [2.05, 4.69) is 81.5 Å². The van der Waals surface area contributed by atoms with Crippen LogP contribution in [-0.4, -0.2) is 18.6 Å². The number of hydrogen-bond donors (Lipinski definition) is 1. The Kier molecular flexibility index (Phi) is 5.56. The van der Waals surface area contributed by atoms with Gasteiger partial charge in [0.15, 0.2) is 0 Å². The van der Waals surface area contributed by atoms with Gasteiger partial charge in [-0.15, -0.1) is 0 Å². The van der Waals surface area contributed by atoms with Gasteiger partial charge in [-0.1, -0.05) is 41.1 Å². The summed E-state index contributed by atoms with van der Waals surface area (Å²) >= 11 is 3.46. The average Bonchev–Trinajstić information content (AvgIpc) is 2.48. The second kappa shape index (κ2) is 7.41. The first-order chi connectivity index (χ1) is 9.69. The molecular formula is C16H20BrN3. The van der Waals surface area contributed by atoms with Gasteiger partial charge in [-0.3, -0.25) is 0 Å². The summed E-state index contributed by atoms with van der Waals surface area (Å²) in [5.41, 5.74) is 2.35. The van der Waals surface area contributed by atoms with Crippen LogP contribution in [0.15, 0.2) is 46.9 Å². The maximum Gasteiger partial charge on any atom is 0.128 e. The summed E-state index contributed by atoms with van der Waals surface area (Å²) < 4.78 is 1.11. The van der Waals surface area contributed by atoms with Crippen LogP contribution in [0.5, 0.6) is 0 Å². The normalized spacial score (nSPS) is 10.6. The second-order valence-corrected chi connectivity index (χ2v) is 5.67. The molecule has 20 heavy (non-hydrogen) atoms. The minimum atomic E-state index is 0.816. The summed E-state index contributed by atoms with van der Waals surface area (Å²) in [6, 6.07) is 14.6. The van der Waals surface area contributed by atoms with Crippen LogP contribution in [0.4, 0.5) is 5.82 Å². The second-order valence-electron chi connectivity index (χ2n) is 4.75. The van der Waals surface area contributed by atoms with Crippen molar-refractivity contribution >= 4 is 21.7 Å². The van der Waals surface area contributed by atoms with Gasteiger partial charge in [0, 0.05) is 24.6 Å². The minimum absolute atomic E-state index is 0.816. The fourth-order valence-corrected chi connectivity index (χ4v) is 2.24. The lowest BCUT2D eigenvalue weighted by atomic mass is 10.2. The predicted molar refractivity (Wildman–Crippen MR) is 87.9 cm³/mol. The van der Waals surface area contributed by atoms with Crippen LogP contribution in [0.3, 0.4) is 0 Å². The Morgan fingerprint density at radius 2 is 1.90 bits per heavy atom. The monoisotopic (exact) mass is 333 g/mol. The van der Waals surface area contributed by atoms with Crippen molar-refractivity contribution in [1.29, 1.82) is 0 Å². The number of halogens is 1. The molecule has 0 aliphatic heterocycles. The molecule has 1 N–H and O–H groups in total. The molecule has 0 saturated heterocycles. The molecule has 0 amide bonds. The Hall–Kier alpha value is -1.39. The van der Waals surface area contributed by atoms with Crippen LogP contribution in [0, 0.1) is 0 Å². The van der Waals surface area contributed by atoms with Gasteiger partial charge < -0.3 is 10.2 Å². The number of benzene rings is 1. The van der Waals surface area contributed by atoms with Gasteiger partial charge in [0.2, 0.25) is 0 Å². The van der Waals surface area contributed by atoms with E-state index < -0.39 is 0 Å². The van der Waals surface area contributed by atoms with Gasteiger partial charge in [0.05, 0.1) is 5.69 Å². The van der Waals surface area contributed by atoms with E-state index in [1.165, 1.54) is 5.56 Å². The SMILES string of the molecule is CCNCc1cccc(N(C)Cc2ccc(Br)cc2)n1. The van der Waals surface area contributed by atoms with E-state index in [-0.39, 0.29) is 0 Å². The molecule has 0 fully saturated rings. The van der Waals surface area contributed by atoms with Crippen LogP contribution < -0.4 is 10.2 Å². The maximum absolute atomic E-state index is 4.68. The van der Waals surface area contributed by atoms with E-state index in [0.717, 1.165) is 35.6 Å². The Bertz CT molecular complexity index is 540. The number of nitrogens with one attached hydrogen (secondary N) is 1. The first kappa shape index (κ1) is 15.0. The van der Waals surface area contributed by atoms with E-state index in [4.69, 9.17) is 0 Å². The summed E-state index contributed by atoms with van der Waals surface area (Å²) in [6.07, 6.45) is 0. The minimum Gasteiger partial charge on any atom is -0.355 e. The highest BCUT2D eigenvalue weighted by atomic mass is 79.9. The molecule has 0 aliphatic rings. The Morgan fingerprint density at radius 1 is 1.15 bits per heavy atom. The zero-order chi connectivity index (χ0) is 14.4. The van der Waals surface area contributed by atoms with Crippen LogP contribution in [0.2, 0.25) is 0 Å². The van der Waals surface area contributed by atoms with Gasteiger partial charge >= 0.3 is 0 Å². The topological polar surface area (TPSA) is 28.2 Å². The molecule has 4 heteroatoms. The molecule has 106 valence electrons. The largest absolute Gasteiger partial charge is 0.355 e. The summed E-state index contributed by atoms with van der Waals surface area (Å²) in [5, 5.41) is 3.30. The highest BCUT2D eigenvalue weighted by molar-refractivity contribution is 9.10. The first-order valence-corrected chi connectivity index (χ1v) is 7.60. The molecule has 2 aromatic rings. The lowest BCUT2D eigenvalue weighted by Crippen LogP contribution is -2.19. The lowest BCUT2D eigenvalue weighted by Gasteiger charge is -2.19. The summed E-state index contributed by atoms with van der Waals surface area (Å²) in [4.78, 5) is 6.84. The molecule has 0 aliphatic carbocycles. The van der Waals surface area contributed by atoms with E-state index in [1.54, 1.807) is 0 Å². The highest BCUT2D eigenvalue weighted by Crippen LogP contribution is 2.15. The number of aromatic nitrogens is 1. The molecule has 1 aromatic carbocycles. The van der Waals surface area contributed by atoms with E-state index >= 15 is 0 Å². The van der Waals surface area contributed by atoms with Crippen molar-refractivity contribution in [3.63, 3.8) is 0 Å². The van der Waals surface area contributed by atoms with Crippen LogP contribution in [0.1, 0.15) is 18.2 Å². The van der Waals surface area contributed by atoms with Crippen molar-refractivity contribution in [2.75, 3.05) is 18.5 Å². The van der Waals surface area contributed by atoms with Crippen LogP contribution in [-0.2, 0) is 13.1 Å². The fraction of sp³-hybridized carbons (Fsp3) is 0.312. The maximum atomic E-state index is 4.68. The molecule has 3 nitrogen and oxygen atoms in total. The van der Waals surface area contributed by atoms with E-state index in [0.29, 0.717) is 0 Å². The predicted octanol–water partition coefficient (Wildman–Crippen LogP) is 3.59. The number of hydrogen-bond acceptors (Lipinski definition) is 3. The van der Waals surface area contributed by atoms with Gasteiger partial charge in [0.1, 0.15) is 5.82 Å². The molecule has 0 saturated carbocycles. The number of rotatable bonds is 6. The van der Waals surface area contributed by atoms with Gasteiger partial charge in [-0.25, -0.2) is 4.98 Å². The van der Waals surface area contributed by atoms with Crippen LogP contribution >= 0.6 is 15.9 Å². The van der Waals surface area contributed by atoms with E-state index in [9.17, 15) is 0 Å². The summed E-state index contributed by atoms with van der Waals surface area (Å²) in [7, 11) is 2.07. The number of pyridine rings is 1. The molecular weight excluding hydrogens is 314 g/mol.